The summed E-state index contributed by atoms with van der Waals surface area (Å²) in [5.74, 6) is -0.462. The molecule has 0 fully saturated rings. The minimum absolute atomic E-state index is 0.0452. The Morgan fingerprint density at radius 3 is 2.64 bits per heavy atom. The lowest BCUT2D eigenvalue weighted by atomic mass is 10.1. The summed E-state index contributed by atoms with van der Waals surface area (Å²) in [5, 5.41) is 17.7. The van der Waals surface area contributed by atoms with Gasteiger partial charge < -0.3 is 9.84 Å². The van der Waals surface area contributed by atoms with Gasteiger partial charge in [-0.2, -0.15) is 5.26 Å². The van der Waals surface area contributed by atoms with E-state index in [1.165, 1.54) is 0 Å². The molecule has 0 saturated carbocycles. The van der Waals surface area contributed by atoms with Gasteiger partial charge in [0.1, 0.15) is 11.4 Å². The van der Waals surface area contributed by atoms with Crippen molar-refractivity contribution in [1.82, 2.24) is 0 Å². The van der Waals surface area contributed by atoms with Gasteiger partial charge in [-0.3, -0.25) is 9.59 Å². The zero-order chi connectivity index (χ0) is 16.4. The molecule has 1 N–H and O–H groups in total. The second-order valence-electron chi connectivity index (χ2n) is 4.61. The maximum Gasteiger partial charge on any atom is 0.305 e. The number of carbonyl (C=O) groups excluding carboxylic acids is 2. The van der Waals surface area contributed by atoms with Crippen LogP contribution in [0.5, 0.6) is 0 Å². The van der Waals surface area contributed by atoms with Crippen molar-refractivity contribution in [2.75, 3.05) is 13.2 Å². The SMILES string of the molecule is CC(C#N)(CCC(=O)OCCO)SSC(=O)c1ccccc1. The highest BCUT2D eigenvalue weighted by atomic mass is 33.1. The number of aliphatic hydroxyl groups is 1. The Morgan fingerprint density at radius 2 is 2.05 bits per heavy atom. The van der Waals surface area contributed by atoms with Crippen LogP contribution in [0.15, 0.2) is 30.3 Å². The van der Waals surface area contributed by atoms with Crippen LogP contribution in [0.2, 0.25) is 0 Å². The highest BCUT2D eigenvalue weighted by Gasteiger charge is 2.28. The van der Waals surface area contributed by atoms with Crippen molar-refractivity contribution in [3.63, 3.8) is 0 Å². The Balaban J connectivity index is 2.48. The number of rotatable bonds is 8. The molecule has 1 aromatic rings. The van der Waals surface area contributed by atoms with Gasteiger partial charge in [0.05, 0.1) is 12.7 Å². The van der Waals surface area contributed by atoms with Crippen molar-refractivity contribution < 1.29 is 19.4 Å². The summed E-state index contributed by atoms with van der Waals surface area (Å²) in [4.78, 5) is 23.4. The molecule has 0 bridgehead atoms. The normalized spacial score (nSPS) is 13.0. The first-order chi connectivity index (χ1) is 10.5. The van der Waals surface area contributed by atoms with Crippen LogP contribution in [0.25, 0.3) is 0 Å². The summed E-state index contributed by atoms with van der Waals surface area (Å²) in [6.07, 6.45) is 0.338. The van der Waals surface area contributed by atoms with Crippen LogP contribution in [0.4, 0.5) is 0 Å². The van der Waals surface area contributed by atoms with E-state index in [0.29, 0.717) is 5.56 Å². The average molecular weight is 339 g/mol. The fourth-order valence-corrected chi connectivity index (χ4v) is 3.58. The molecule has 7 heteroatoms. The van der Waals surface area contributed by atoms with E-state index in [-0.39, 0.29) is 31.2 Å². The first-order valence-electron chi connectivity index (χ1n) is 6.63. The topological polar surface area (TPSA) is 87.4 Å². The van der Waals surface area contributed by atoms with Crippen molar-refractivity contribution in [1.29, 1.82) is 5.26 Å². The minimum Gasteiger partial charge on any atom is -0.463 e. The molecule has 0 spiro atoms. The van der Waals surface area contributed by atoms with Gasteiger partial charge in [-0.05, 0) is 24.1 Å². The molecular weight excluding hydrogens is 322 g/mol. The largest absolute Gasteiger partial charge is 0.463 e. The van der Waals surface area contributed by atoms with E-state index in [1.807, 2.05) is 6.07 Å². The van der Waals surface area contributed by atoms with Gasteiger partial charge in [0.2, 0.25) is 5.12 Å². The van der Waals surface area contributed by atoms with E-state index in [1.54, 1.807) is 31.2 Å². The molecule has 118 valence electrons. The van der Waals surface area contributed by atoms with Gasteiger partial charge >= 0.3 is 5.97 Å². The first kappa shape index (κ1) is 18.6. The maximum atomic E-state index is 12.0. The molecule has 1 atom stereocenters. The fourth-order valence-electron chi connectivity index (χ4n) is 1.44. The highest BCUT2D eigenvalue weighted by molar-refractivity contribution is 8.82. The van der Waals surface area contributed by atoms with Gasteiger partial charge in [-0.1, -0.05) is 41.1 Å². The molecule has 0 saturated heterocycles. The number of ether oxygens (including phenoxy) is 1. The smallest absolute Gasteiger partial charge is 0.305 e. The minimum atomic E-state index is -0.868. The van der Waals surface area contributed by atoms with Gasteiger partial charge in [0.15, 0.2) is 0 Å². The highest BCUT2D eigenvalue weighted by Crippen LogP contribution is 2.40. The standard InChI is InChI=1S/C15H17NO4S2/c1-15(11-16,8-7-13(18)20-10-9-17)22-21-14(19)12-5-3-2-4-6-12/h2-6,17H,7-10H2,1H3. The predicted octanol–water partition coefficient (Wildman–Crippen LogP) is 2.81. The van der Waals surface area contributed by atoms with Crippen LogP contribution in [0.3, 0.4) is 0 Å². The second kappa shape index (κ2) is 9.51. The van der Waals surface area contributed by atoms with E-state index >= 15 is 0 Å². The number of benzene rings is 1. The lowest BCUT2D eigenvalue weighted by molar-refractivity contribution is -0.144. The van der Waals surface area contributed by atoms with Crippen molar-refractivity contribution in [3.8, 4) is 6.07 Å². The summed E-state index contributed by atoms with van der Waals surface area (Å²) in [7, 11) is 2.14. The number of esters is 1. The van der Waals surface area contributed by atoms with E-state index in [9.17, 15) is 14.9 Å². The van der Waals surface area contributed by atoms with E-state index < -0.39 is 10.7 Å². The molecule has 1 rings (SSSR count). The molecule has 0 aliphatic heterocycles. The summed E-state index contributed by atoms with van der Waals surface area (Å²) >= 11 is 0. The number of hydrogen-bond donors (Lipinski definition) is 1. The number of nitrogens with zero attached hydrogens (tertiary/aromatic N) is 1. The van der Waals surface area contributed by atoms with Crippen molar-refractivity contribution in [2.24, 2.45) is 0 Å². The zero-order valence-electron chi connectivity index (χ0n) is 12.2. The molecule has 0 heterocycles. The van der Waals surface area contributed by atoms with E-state index in [2.05, 4.69) is 6.07 Å². The molecule has 22 heavy (non-hydrogen) atoms. The van der Waals surface area contributed by atoms with Crippen LogP contribution in [-0.2, 0) is 9.53 Å². The lowest BCUT2D eigenvalue weighted by Crippen LogP contribution is -2.19. The zero-order valence-corrected chi connectivity index (χ0v) is 13.8. The van der Waals surface area contributed by atoms with Crippen LogP contribution in [-0.4, -0.2) is 34.2 Å². The quantitative estimate of drug-likeness (QED) is 0.575. The lowest BCUT2D eigenvalue weighted by Gasteiger charge is -2.18. The van der Waals surface area contributed by atoms with E-state index in [0.717, 1.165) is 21.6 Å². The number of nitriles is 1. The van der Waals surface area contributed by atoms with Gasteiger partial charge in [0.25, 0.3) is 0 Å². The summed E-state index contributed by atoms with van der Waals surface area (Å²) in [6, 6.07) is 10.9. The third-order valence-corrected chi connectivity index (χ3v) is 5.65. The number of carbonyl (C=O) groups is 2. The van der Waals surface area contributed by atoms with Gasteiger partial charge in [-0.25, -0.2) is 0 Å². The van der Waals surface area contributed by atoms with Gasteiger partial charge in [-0.15, -0.1) is 0 Å². The Bertz CT molecular complexity index is 544. The maximum absolute atomic E-state index is 12.0. The van der Waals surface area contributed by atoms with Crippen molar-refractivity contribution in [2.45, 2.75) is 24.5 Å². The summed E-state index contributed by atoms with van der Waals surface area (Å²) in [6.45, 7) is 1.41. The Labute approximate surface area is 137 Å². The Hall–Kier alpha value is -1.49. The Kier molecular flexibility index (Phi) is 8.02. The molecular formula is C15H17NO4S2. The first-order valence-corrected chi connectivity index (χ1v) is 8.78. The molecule has 0 aromatic heterocycles. The molecule has 0 aliphatic rings. The van der Waals surface area contributed by atoms with Crippen LogP contribution < -0.4 is 0 Å². The molecule has 5 nitrogen and oxygen atoms in total. The number of aliphatic hydroxyl groups excluding tert-OH is 1. The van der Waals surface area contributed by atoms with Crippen molar-refractivity contribution >= 4 is 32.7 Å². The third kappa shape index (κ3) is 6.52. The van der Waals surface area contributed by atoms with Crippen molar-refractivity contribution in [3.05, 3.63) is 35.9 Å². The van der Waals surface area contributed by atoms with Crippen LogP contribution in [0, 0.1) is 11.3 Å². The van der Waals surface area contributed by atoms with Crippen LogP contribution >= 0.6 is 21.6 Å². The van der Waals surface area contributed by atoms with Crippen LogP contribution in [0.1, 0.15) is 30.1 Å². The van der Waals surface area contributed by atoms with Gasteiger partial charge in [0, 0.05) is 12.0 Å². The summed E-state index contributed by atoms with van der Waals surface area (Å²) in [5.41, 5.74) is 0.572. The molecule has 0 aliphatic carbocycles. The third-order valence-electron chi connectivity index (χ3n) is 2.71. The predicted molar refractivity (Wildman–Crippen MR) is 87.3 cm³/mol. The molecule has 0 amide bonds. The summed E-state index contributed by atoms with van der Waals surface area (Å²) < 4.78 is 3.88. The van der Waals surface area contributed by atoms with E-state index in [4.69, 9.17) is 9.84 Å². The molecule has 1 aromatic carbocycles. The second-order valence-corrected chi connectivity index (χ2v) is 7.21. The average Bonchev–Trinajstić information content (AvgIpc) is 2.56. The molecule has 0 radical (unpaired) electrons. The number of hydrogen-bond acceptors (Lipinski definition) is 7. The Morgan fingerprint density at radius 1 is 1.36 bits per heavy atom. The molecule has 1 unspecified atom stereocenters. The fraction of sp³-hybridized carbons (Fsp3) is 0.400. The monoisotopic (exact) mass is 339 g/mol.